The first-order valence-electron chi connectivity index (χ1n) is 6.82. The standard InChI is InChI=1S/C15H20N2O3/c1-11(18)17-13-5-3-12(4-6-13)9-14(19)16-10-15(20)7-2-8-15/h3-6,20H,2,7-10H2,1H3,(H,16,19)(H,17,18). The Morgan fingerprint density at radius 3 is 2.40 bits per heavy atom. The van der Waals surface area contributed by atoms with E-state index >= 15 is 0 Å². The van der Waals surface area contributed by atoms with Gasteiger partial charge in [-0.05, 0) is 37.0 Å². The molecule has 20 heavy (non-hydrogen) atoms. The van der Waals surface area contributed by atoms with Crippen molar-refractivity contribution >= 4 is 17.5 Å². The summed E-state index contributed by atoms with van der Waals surface area (Å²) in [6.45, 7) is 1.78. The number of carbonyl (C=O) groups is 2. The maximum absolute atomic E-state index is 11.8. The largest absolute Gasteiger partial charge is 0.388 e. The molecular formula is C15H20N2O3. The number of rotatable bonds is 5. The van der Waals surface area contributed by atoms with Crippen LogP contribution in [0.5, 0.6) is 0 Å². The summed E-state index contributed by atoms with van der Waals surface area (Å²) >= 11 is 0. The molecule has 0 radical (unpaired) electrons. The Kier molecular flexibility index (Phi) is 4.39. The van der Waals surface area contributed by atoms with Gasteiger partial charge in [-0.1, -0.05) is 12.1 Å². The molecule has 1 aromatic carbocycles. The van der Waals surface area contributed by atoms with Gasteiger partial charge in [0.15, 0.2) is 0 Å². The molecule has 5 heteroatoms. The molecule has 5 nitrogen and oxygen atoms in total. The molecule has 2 rings (SSSR count). The smallest absolute Gasteiger partial charge is 0.224 e. The van der Waals surface area contributed by atoms with Crippen molar-refractivity contribution in [3.05, 3.63) is 29.8 Å². The average Bonchev–Trinajstić information content (AvgIpc) is 2.36. The first-order valence-corrected chi connectivity index (χ1v) is 6.82. The quantitative estimate of drug-likeness (QED) is 0.756. The first-order chi connectivity index (χ1) is 9.47. The van der Waals surface area contributed by atoms with Crippen molar-refractivity contribution in [2.75, 3.05) is 11.9 Å². The van der Waals surface area contributed by atoms with Gasteiger partial charge in [0.1, 0.15) is 0 Å². The molecule has 3 N–H and O–H groups in total. The van der Waals surface area contributed by atoms with Gasteiger partial charge in [0.2, 0.25) is 11.8 Å². The number of hydrogen-bond acceptors (Lipinski definition) is 3. The molecule has 0 spiro atoms. The highest BCUT2D eigenvalue weighted by atomic mass is 16.3. The minimum atomic E-state index is -0.690. The van der Waals surface area contributed by atoms with Gasteiger partial charge in [0.25, 0.3) is 0 Å². The van der Waals surface area contributed by atoms with Crippen LogP contribution in [0, 0.1) is 0 Å². The SMILES string of the molecule is CC(=O)Nc1ccc(CC(=O)NCC2(O)CCC2)cc1. The summed E-state index contributed by atoms with van der Waals surface area (Å²) in [5.74, 6) is -0.221. The first kappa shape index (κ1) is 14.5. The minimum Gasteiger partial charge on any atom is -0.388 e. The summed E-state index contributed by atoms with van der Waals surface area (Å²) in [7, 11) is 0. The summed E-state index contributed by atoms with van der Waals surface area (Å²) in [6, 6.07) is 7.15. The Balaban J connectivity index is 1.80. The molecule has 1 aliphatic carbocycles. The van der Waals surface area contributed by atoms with Crippen molar-refractivity contribution in [1.29, 1.82) is 0 Å². The molecule has 1 fully saturated rings. The second-order valence-corrected chi connectivity index (χ2v) is 5.41. The van der Waals surface area contributed by atoms with E-state index in [0.29, 0.717) is 12.2 Å². The van der Waals surface area contributed by atoms with Crippen molar-refractivity contribution in [3.63, 3.8) is 0 Å². The van der Waals surface area contributed by atoms with Crippen LogP contribution in [0.4, 0.5) is 5.69 Å². The zero-order chi connectivity index (χ0) is 14.6. The number of benzene rings is 1. The predicted octanol–water partition coefficient (Wildman–Crippen LogP) is 1.22. The lowest BCUT2D eigenvalue weighted by Gasteiger charge is -2.36. The number of anilines is 1. The van der Waals surface area contributed by atoms with Crippen molar-refractivity contribution in [2.24, 2.45) is 0 Å². The van der Waals surface area contributed by atoms with Crippen LogP contribution >= 0.6 is 0 Å². The summed E-state index contributed by atoms with van der Waals surface area (Å²) in [5, 5.41) is 15.3. The highest BCUT2D eigenvalue weighted by Crippen LogP contribution is 2.30. The predicted molar refractivity (Wildman–Crippen MR) is 76.3 cm³/mol. The topological polar surface area (TPSA) is 78.4 Å². The van der Waals surface area contributed by atoms with Crippen molar-refractivity contribution in [1.82, 2.24) is 5.32 Å². The van der Waals surface area contributed by atoms with Gasteiger partial charge in [-0.3, -0.25) is 9.59 Å². The lowest BCUT2D eigenvalue weighted by Crippen LogP contribution is -2.48. The molecular weight excluding hydrogens is 256 g/mol. The fraction of sp³-hybridized carbons (Fsp3) is 0.467. The van der Waals surface area contributed by atoms with Gasteiger partial charge in [-0.25, -0.2) is 0 Å². The van der Waals surface area contributed by atoms with E-state index in [1.807, 2.05) is 12.1 Å². The maximum atomic E-state index is 11.8. The summed E-state index contributed by atoms with van der Waals surface area (Å²) in [4.78, 5) is 22.7. The molecule has 0 heterocycles. The van der Waals surface area contributed by atoms with Crippen LogP contribution in [0.2, 0.25) is 0 Å². The van der Waals surface area contributed by atoms with Crippen LogP contribution in [0.25, 0.3) is 0 Å². The van der Waals surface area contributed by atoms with E-state index in [4.69, 9.17) is 0 Å². The molecule has 0 bridgehead atoms. The van der Waals surface area contributed by atoms with E-state index in [0.717, 1.165) is 24.8 Å². The second kappa shape index (κ2) is 6.05. The van der Waals surface area contributed by atoms with E-state index in [1.54, 1.807) is 12.1 Å². The van der Waals surface area contributed by atoms with Crippen molar-refractivity contribution < 1.29 is 14.7 Å². The molecule has 1 aromatic rings. The van der Waals surface area contributed by atoms with Crippen LogP contribution in [0.15, 0.2) is 24.3 Å². The number of amides is 2. The van der Waals surface area contributed by atoms with E-state index in [-0.39, 0.29) is 18.2 Å². The molecule has 0 unspecified atom stereocenters. The number of carbonyl (C=O) groups excluding carboxylic acids is 2. The third-order valence-electron chi connectivity index (χ3n) is 3.54. The zero-order valence-electron chi connectivity index (χ0n) is 11.6. The van der Waals surface area contributed by atoms with Gasteiger partial charge in [0.05, 0.1) is 12.0 Å². The van der Waals surface area contributed by atoms with Gasteiger partial charge in [-0.15, -0.1) is 0 Å². The molecule has 0 atom stereocenters. The van der Waals surface area contributed by atoms with Crippen LogP contribution in [-0.2, 0) is 16.0 Å². The third kappa shape index (κ3) is 4.06. The molecule has 0 saturated heterocycles. The Hall–Kier alpha value is -1.88. The highest BCUT2D eigenvalue weighted by Gasteiger charge is 2.34. The van der Waals surface area contributed by atoms with E-state index in [9.17, 15) is 14.7 Å². The van der Waals surface area contributed by atoms with Crippen LogP contribution in [0.3, 0.4) is 0 Å². The van der Waals surface area contributed by atoms with Gasteiger partial charge < -0.3 is 15.7 Å². The van der Waals surface area contributed by atoms with Crippen LogP contribution < -0.4 is 10.6 Å². The number of nitrogens with one attached hydrogen (secondary N) is 2. The second-order valence-electron chi connectivity index (χ2n) is 5.41. The number of aliphatic hydroxyl groups is 1. The Labute approximate surface area is 118 Å². The Morgan fingerprint density at radius 2 is 1.90 bits per heavy atom. The van der Waals surface area contributed by atoms with Gasteiger partial charge in [-0.2, -0.15) is 0 Å². The lowest BCUT2D eigenvalue weighted by molar-refractivity contribution is -0.122. The van der Waals surface area contributed by atoms with Crippen molar-refractivity contribution in [3.8, 4) is 0 Å². The summed E-state index contributed by atoms with van der Waals surface area (Å²) in [5.41, 5.74) is 0.896. The maximum Gasteiger partial charge on any atom is 0.224 e. The van der Waals surface area contributed by atoms with E-state index in [1.165, 1.54) is 6.92 Å². The molecule has 0 aromatic heterocycles. The van der Waals surface area contributed by atoms with E-state index < -0.39 is 5.60 Å². The normalized spacial score (nSPS) is 16.1. The van der Waals surface area contributed by atoms with Gasteiger partial charge >= 0.3 is 0 Å². The monoisotopic (exact) mass is 276 g/mol. The van der Waals surface area contributed by atoms with Crippen molar-refractivity contribution in [2.45, 2.75) is 38.2 Å². The molecule has 1 aliphatic rings. The van der Waals surface area contributed by atoms with E-state index in [2.05, 4.69) is 10.6 Å². The molecule has 1 saturated carbocycles. The zero-order valence-corrected chi connectivity index (χ0v) is 11.6. The average molecular weight is 276 g/mol. The molecule has 0 aliphatic heterocycles. The fourth-order valence-electron chi connectivity index (χ4n) is 2.18. The molecule has 108 valence electrons. The van der Waals surface area contributed by atoms with Crippen LogP contribution in [-0.4, -0.2) is 29.1 Å². The molecule has 2 amide bonds. The minimum absolute atomic E-state index is 0.0994. The Morgan fingerprint density at radius 1 is 1.25 bits per heavy atom. The summed E-state index contributed by atoms with van der Waals surface area (Å²) < 4.78 is 0. The van der Waals surface area contributed by atoms with Crippen LogP contribution in [0.1, 0.15) is 31.7 Å². The highest BCUT2D eigenvalue weighted by molar-refractivity contribution is 5.88. The fourth-order valence-corrected chi connectivity index (χ4v) is 2.18. The lowest BCUT2D eigenvalue weighted by atomic mass is 9.80. The Bertz CT molecular complexity index is 492. The third-order valence-corrected chi connectivity index (χ3v) is 3.54. The number of hydrogen-bond donors (Lipinski definition) is 3. The summed E-state index contributed by atoms with van der Waals surface area (Å²) in [6.07, 6.45) is 2.82. The van der Waals surface area contributed by atoms with Gasteiger partial charge in [0, 0.05) is 19.2 Å².